The molecule has 0 spiro atoms. The fraction of sp³-hybridized carbons (Fsp3) is 0.304. The number of benzene rings is 2. The Labute approximate surface area is 165 Å². The van der Waals surface area contributed by atoms with Gasteiger partial charge in [-0.15, -0.1) is 0 Å². The van der Waals surface area contributed by atoms with Crippen LogP contribution in [0, 0.1) is 6.92 Å². The van der Waals surface area contributed by atoms with Crippen LogP contribution < -0.4 is 9.64 Å². The third kappa shape index (κ3) is 4.31. The number of hydrogen-bond donors (Lipinski definition) is 1. The Morgan fingerprint density at radius 1 is 1.07 bits per heavy atom. The third-order valence-corrected chi connectivity index (χ3v) is 4.84. The van der Waals surface area contributed by atoms with Gasteiger partial charge in [0.05, 0.1) is 31.8 Å². The van der Waals surface area contributed by atoms with E-state index in [1.54, 1.807) is 7.11 Å². The van der Waals surface area contributed by atoms with E-state index in [-0.39, 0.29) is 5.97 Å². The Morgan fingerprint density at radius 3 is 2.46 bits per heavy atom. The molecule has 0 aliphatic carbocycles. The molecular weight excluding hydrogens is 352 g/mol. The number of rotatable bonds is 7. The summed E-state index contributed by atoms with van der Waals surface area (Å²) in [5.74, 6) is 0.545. The van der Waals surface area contributed by atoms with Crippen LogP contribution in [0.25, 0.3) is 10.9 Å². The highest BCUT2D eigenvalue weighted by molar-refractivity contribution is 5.98. The summed E-state index contributed by atoms with van der Waals surface area (Å²) >= 11 is 0. The maximum atomic E-state index is 12.7. The predicted molar refractivity (Wildman–Crippen MR) is 110 cm³/mol. The molecule has 0 saturated carbocycles. The summed E-state index contributed by atoms with van der Waals surface area (Å²) in [6.45, 7) is 5.59. The van der Waals surface area contributed by atoms with Gasteiger partial charge in [0.2, 0.25) is 0 Å². The number of aryl methyl sites for hydroxylation is 1. The van der Waals surface area contributed by atoms with E-state index in [2.05, 4.69) is 19.2 Å². The molecule has 1 aromatic heterocycles. The quantitative estimate of drug-likeness (QED) is 0.642. The zero-order valence-corrected chi connectivity index (χ0v) is 16.9. The number of para-hydroxylation sites is 1. The minimum absolute atomic E-state index is 0.300. The van der Waals surface area contributed by atoms with Crippen LogP contribution in [0.5, 0.6) is 5.75 Å². The van der Waals surface area contributed by atoms with Crippen LogP contribution in [0.3, 0.4) is 0 Å². The molecule has 1 unspecified atom stereocenters. The van der Waals surface area contributed by atoms with Crippen molar-refractivity contribution in [3.05, 3.63) is 70.9 Å². The van der Waals surface area contributed by atoms with Crippen LogP contribution in [0.1, 0.15) is 34.1 Å². The van der Waals surface area contributed by atoms with Crippen LogP contribution in [-0.2, 0) is 17.8 Å². The number of ether oxygens (including phenoxy) is 2. The van der Waals surface area contributed by atoms with Crippen molar-refractivity contribution in [1.29, 1.82) is 0 Å². The molecule has 0 fully saturated rings. The first-order valence-corrected chi connectivity index (χ1v) is 9.53. The molecule has 3 aromatic rings. The predicted octanol–water partition coefficient (Wildman–Crippen LogP) is 2.94. The Kier molecular flexibility index (Phi) is 6.26. The van der Waals surface area contributed by atoms with Gasteiger partial charge >= 0.3 is 5.97 Å². The lowest BCUT2D eigenvalue weighted by molar-refractivity contribution is -0.908. The standard InChI is InChI=1S/C23H26N2O3/c1-5-28-23(26)22-16(2)19-8-6-7-9-20(19)24-21(22)15-25(3)14-17-10-12-18(27-4)13-11-17/h6-13H,5,14-15H2,1-4H3/p+1. The number of quaternary nitrogens is 1. The van der Waals surface area contributed by atoms with Crippen molar-refractivity contribution in [2.24, 2.45) is 0 Å². The molecular formula is C23H27N2O3+. The average Bonchev–Trinajstić information content (AvgIpc) is 2.69. The maximum absolute atomic E-state index is 12.7. The van der Waals surface area contributed by atoms with Gasteiger partial charge in [-0.05, 0) is 49.7 Å². The van der Waals surface area contributed by atoms with Crippen molar-refractivity contribution in [3.8, 4) is 5.75 Å². The topological polar surface area (TPSA) is 52.9 Å². The van der Waals surface area contributed by atoms with Gasteiger partial charge in [-0.1, -0.05) is 18.2 Å². The Bertz CT molecular complexity index is 967. The molecule has 5 heteroatoms. The Balaban J connectivity index is 1.91. The van der Waals surface area contributed by atoms with E-state index in [0.717, 1.165) is 34.5 Å². The van der Waals surface area contributed by atoms with Gasteiger partial charge in [-0.3, -0.25) is 0 Å². The van der Waals surface area contributed by atoms with Crippen molar-refractivity contribution in [2.45, 2.75) is 26.9 Å². The van der Waals surface area contributed by atoms with E-state index in [0.29, 0.717) is 18.7 Å². The Morgan fingerprint density at radius 2 is 1.79 bits per heavy atom. The van der Waals surface area contributed by atoms with Gasteiger partial charge in [0.15, 0.2) is 0 Å². The molecule has 28 heavy (non-hydrogen) atoms. The fourth-order valence-electron chi connectivity index (χ4n) is 3.48. The molecule has 0 saturated heterocycles. The number of nitrogens with zero attached hydrogens (tertiary/aromatic N) is 1. The molecule has 146 valence electrons. The van der Waals surface area contributed by atoms with Crippen molar-refractivity contribution < 1.29 is 19.2 Å². The van der Waals surface area contributed by atoms with E-state index in [4.69, 9.17) is 14.5 Å². The minimum atomic E-state index is -0.300. The molecule has 1 heterocycles. The molecule has 0 bridgehead atoms. The summed E-state index contributed by atoms with van der Waals surface area (Å²) < 4.78 is 10.5. The lowest BCUT2D eigenvalue weighted by Gasteiger charge is -2.18. The second-order valence-electron chi connectivity index (χ2n) is 6.95. The van der Waals surface area contributed by atoms with E-state index in [9.17, 15) is 4.79 Å². The second kappa shape index (κ2) is 8.85. The van der Waals surface area contributed by atoms with Crippen LogP contribution in [0.2, 0.25) is 0 Å². The lowest BCUT2D eigenvalue weighted by Crippen LogP contribution is -3.06. The summed E-state index contributed by atoms with van der Waals surface area (Å²) in [6.07, 6.45) is 0. The number of aromatic nitrogens is 1. The van der Waals surface area contributed by atoms with Crippen LogP contribution in [0.15, 0.2) is 48.5 Å². The normalized spacial score (nSPS) is 12.0. The monoisotopic (exact) mass is 379 g/mol. The van der Waals surface area contributed by atoms with Crippen molar-refractivity contribution in [2.75, 3.05) is 20.8 Å². The van der Waals surface area contributed by atoms with Gasteiger partial charge < -0.3 is 14.4 Å². The smallest absolute Gasteiger partial charge is 0.340 e. The molecule has 1 N–H and O–H groups in total. The summed E-state index contributed by atoms with van der Waals surface area (Å²) in [5.41, 5.74) is 4.40. The second-order valence-corrected chi connectivity index (χ2v) is 6.95. The number of nitrogens with one attached hydrogen (secondary N) is 1. The van der Waals surface area contributed by atoms with Gasteiger partial charge in [-0.2, -0.15) is 0 Å². The van der Waals surface area contributed by atoms with Crippen molar-refractivity contribution in [1.82, 2.24) is 4.98 Å². The van der Waals surface area contributed by atoms with Crippen LogP contribution in [0.4, 0.5) is 0 Å². The molecule has 0 amide bonds. The van der Waals surface area contributed by atoms with Gasteiger partial charge in [0.1, 0.15) is 24.5 Å². The van der Waals surface area contributed by atoms with Crippen molar-refractivity contribution >= 4 is 16.9 Å². The van der Waals surface area contributed by atoms with Gasteiger partial charge in [-0.25, -0.2) is 9.78 Å². The minimum Gasteiger partial charge on any atom is -0.497 e. The summed E-state index contributed by atoms with van der Waals surface area (Å²) in [4.78, 5) is 18.7. The SMILES string of the molecule is CCOC(=O)c1c(C[NH+](C)Cc2ccc(OC)cc2)nc2ccccc2c1C. The molecule has 0 aliphatic rings. The van der Waals surface area contributed by atoms with Crippen molar-refractivity contribution in [3.63, 3.8) is 0 Å². The first kappa shape index (κ1) is 19.8. The van der Waals surface area contributed by atoms with Gasteiger partial charge in [0, 0.05) is 10.9 Å². The lowest BCUT2D eigenvalue weighted by atomic mass is 10.0. The fourth-order valence-corrected chi connectivity index (χ4v) is 3.48. The number of fused-ring (bicyclic) bond motifs is 1. The Hall–Kier alpha value is -2.92. The molecule has 0 aliphatic heterocycles. The summed E-state index contributed by atoms with van der Waals surface area (Å²) in [6, 6.07) is 16.0. The molecule has 0 radical (unpaired) electrons. The zero-order valence-electron chi connectivity index (χ0n) is 16.9. The number of pyridine rings is 1. The van der Waals surface area contributed by atoms with E-state index >= 15 is 0 Å². The first-order valence-electron chi connectivity index (χ1n) is 9.53. The largest absolute Gasteiger partial charge is 0.497 e. The molecule has 3 rings (SSSR count). The highest BCUT2D eigenvalue weighted by atomic mass is 16.5. The average molecular weight is 379 g/mol. The van der Waals surface area contributed by atoms with Crippen LogP contribution in [-0.4, -0.2) is 31.7 Å². The van der Waals surface area contributed by atoms with Crippen LogP contribution >= 0.6 is 0 Å². The number of carbonyl (C=O) groups is 1. The summed E-state index contributed by atoms with van der Waals surface area (Å²) in [7, 11) is 3.77. The van der Waals surface area contributed by atoms with E-state index < -0.39 is 0 Å². The highest BCUT2D eigenvalue weighted by Gasteiger charge is 2.22. The zero-order chi connectivity index (χ0) is 20.1. The highest BCUT2D eigenvalue weighted by Crippen LogP contribution is 2.23. The number of methoxy groups -OCH3 is 1. The van der Waals surface area contributed by atoms with E-state index in [1.807, 2.05) is 50.2 Å². The molecule has 1 atom stereocenters. The molecule has 2 aromatic carbocycles. The third-order valence-electron chi connectivity index (χ3n) is 4.84. The molecule has 5 nitrogen and oxygen atoms in total. The number of hydrogen-bond acceptors (Lipinski definition) is 4. The van der Waals surface area contributed by atoms with Gasteiger partial charge in [0.25, 0.3) is 0 Å². The first-order chi connectivity index (χ1) is 13.5. The number of carbonyl (C=O) groups excluding carboxylic acids is 1. The summed E-state index contributed by atoms with van der Waals surface area (Å²) in [5, 5.41) is 0.988. The number of esters is 1. The maximum Gasteiger partial charge on any atom is 0.340 e. The van der Waals surface area contributed by atoms with E-state index in [1.165, 1.54) is 10.5 Å².